The molecule has 2 atom stereocenters. The first kappa shape index (κ1) is 19.5. The second-order valence-corrected chi connectivity index (χ2v) is 7.51. The quantitative estimate of drug-likeness (QED) is 0.469. The standard InChI is InChI=1S/C23H27ClN2O/c1-3-6-21(27)9-5-14-26-22(18-10-12-19(24)13-11-18)16-23(26)25-20-8-4-7-17(2)15-20/h4-10,12-13,15,18,22,27H,3,11,14,16H2,1-2H3/b9-5-,21-6+,25-23+. The molecule has 2 unspecified atom stereocenters. The van der Waals surface area contributed by atoms with Crippen LogP contribution in [0.4, 0.5) is 5.69 Å². The van der Waals surface area contributed by atoms with E-state index >= 15 is 0 Å². The van der Waals surface area contributed by atoms with Crippen LogP contribution in [0.15, 0.2) is 76.5 Å². The van der Waals surface area contributed by atoms with E-state index in [4.69, 9.17) is 16.6 Å². The number of hydrogen-bond donors (Lipinski definition) is 1. The van der Waals surface area contributed by atoms with Crippen LogP contribution in [0.5, 0.6) is 0 Å². The van der Waals surface area contributed by atoms with Crippen molar-refractivity contribution < 1.29 is 5.11 Å². The van der Waals surface area contributed by atoms with Crippen LogP contribution in [0.1, 0.15) is 31.7 Å². The van der Waals surface area contributed by atoms with Crippen LogP contribution in [0.2, 0.25) is 0 Å². The van der Waals surface area contributed by atoms with Gasteiger partial charge in [-0.3, -0.25) is 0 Å². The topological polar surface area (TPSA) is 35.8 Å². The maximum Gasteiger partial charge on any atom is 0.111 e. The number of aliphatic hydroxyl groups excluding tert-OH is 1. The summed E-state index contributed by atoms with van der Waals surface area (Å²) in [7, 11) is 0. The molecule has 1 N–H and O–H groups in total. The van der Waals surface area contributed by atoms with Gasteiger partial charge in [-0.25, -0.2) is 4.99 Å². The molecule has 3 rings (SSSR count). The molecule has 2 aliphatic rings. The van der Waals surface area contributed by atoms with Crippen LogP contribution < -0.4 is 0 Å². The van der Waals surface area contributed by atoms with Crippen molar-refractivity contribution in [3.63, 3.8) is 0 Å². The van der Waals surface area contributed by atoms with Crippen LogP contribution in [-0.4, -0.2) is 28.4 Å². The minimum absolute atomic E-state index is 0.319. The van der Waals surface area contributed by atoms with E-state index in [2.05, 4.69) is 36.1 Å². The fourth-order valence-corrected chi connectivity index (χ4v) is 3.70. The maximum absolute atomic E-state index is 9.82. The lowest BCUT2D eigenvalue weighted by Crippen LogP contribution is -2.55. The minimum atomic E-state index is 0.319. The minimum Gasteiger partial charge on any atom is -0.508 e. The van der Waals surface area contributed by atoms with Crippen molar-refractivity contribution in [2.75, 3.05) is 6.54 Å². The highest BCUT2D eigenvalue weighted by Gasteiger charge is 2.38. The van der Waals surface area contributed by atoms with Gasteiger partial charge in [-0.05, 0) is 55.7 Å². The summed E-state index contributed by atoms with van der Waals surface area (Å²) in [5.74, 6) is 1.86. The largest absolute Gasteiger partial charge is 0.508 e. The Bertz CT molecular complexity index is 819. The molecule has 0 amide bonds. The Kier molecular flexibility index (Phi) is 6.57. The van der Waals surface area contributed by atoms with Gasteiger partial charge in [-0.2, -0.15) is 0 Å². The van der Waals surface area contributed by atoms with E-state index in [1.807, 2.05) is 37.3 Å². The summed E-state index contributed by atoms with van der Waals surface area (Å²) >= 11 is 6.07. The lowest BCUT2D eigenvalue weighted by Gasteiger charge is -2.47. The van der Waals surface area contributed by atoms with E-state index in [0.717, 1.165) is 42.4 Å². The molecule has 4 heteroatoms. The second kappa shape index (κ2) is 9.09. The zero-order chi connectivity index (χ0) is 19.2. The fourth-order valence-electron chi connectivity index (χ4n) is 3.53. The van der Waals surface area contributed by atoms with Crippen LogP contribution >= 0.6 is 11.6 Å². The summed E-state index contributed by atoms with van der Waals surface area (Å²) in [6.45, 7) is 4.83. The predicted octanol–water partition coefficient (Wildman–Crippen LogP) is 6.21. The molecular weight excluding hydrogens is 356 g/mol. The summed E-state index contributed by atoms with van der Waals surface area (Å²) in [5.41, 5.74) is 2.21. The zero-order valence-electron chi connectivity index (χ0n) is 16.0. The van der Waals surface area contributed by atoms with Crippen molar-refractivity contribution in [3.8, 4) is 0 Å². The molecule has 0 aromatic heterocycles. The molecule has 0 bridgehead atoms. The van der Waals surface area contributed by atoms with Crippen molar-refractivity contribution in [1.82, 2.24) is 4.90 Å². The lowest BCUT2D eigenvalue weighted by molar-refractivity contribution is 0.214. The Morgan fingerprint density at radius 2 is 2.26 bits per heavy atom. The van der Waals surface area contributed by atoms with Gasteiger partial charge in [0.1, 0.15) is 11.6 Å². The summed E-state index contributed by atoms with van der Waals surface area (Å²) < 4.78 is 0. The monoisotopic (exact) mass is 382 g/mol. The molecule has 1 saturated heterocycles. The molecule has 0 radical (unpaired) electrons. The Morgan fingerprint density at radius 3 is 2.96 bits per heavy atom. The van der Waals surface area contributed by atoms with Crippen molar-refractivity contribution in [2.45, 2.75) is 39.2 Å². The molecule has 1 aliphatic carbocycles. The molecule has 1 aromatic carbocycles. The average molecular weight is 383 g/mol. The predicted molar refractivity (Wildman–Crippen MR) is 115 cm³/mol. The molecule has 1 heterocycles. The van der Waals surface area contributed by atoms with E-state index in [1.54, 1.807) is 6.08 Å². The van der Waals surface area contributed by atoms with Gasteiger partial charge < -0.3 is 10.0 Å². The van der Waals surface area contributed by atoms with Gasteiger partial charge >= 0.3 is 0 Å². The van der Waals surface area contributed by atoms with Crippen LogP contribution in [0.25, 0.3) is 0 Å². The van der Waals surface area contributed by atoms with Crippen molar-refractivity contribution >= 4 is 23.1 Å². The number of nitrogens with zero attached hydrogens (tertiary/aromatic N) is 2. The van der Waals surface area contributed by atoms with Gasteiger partial charge in [0.25, 0.3) is 0 Å². The van der Waals surface area contributed by atoms with Crippen molar-refractivity contribution in [2.24, 2.45) is 10.9 Å². The van der Waals surface area contributed by atoms with Crippen molar-refractivity contribution in [3.05, 3.63) is 77.1 Å². The number of halogens is 1. The van der Waals surface area contributed by atoms with Gasteiger partial charge in [-0.1, -0.05) is 48.9 Å². The summed E-state index contributed by atoms with van der Waals surface area (Å²) in [6.07, 6.45) is 14.6. The van der Waals surface area contributed by atoms with Crippen LogP contribution in [0.3, 0.4) is 0 Å². The highest BCUT2D eigenvalue weighted by atomic mass is 35.5. The van der Waals surface area contributed by atoms with E-state index in [9.17, 15) is 5.11 Å². The number of aryl methyl sites for hydroxylation is 1. The molecule has 27 heavy (non-hydrogen) atoms. The maximum atomic E-state index is 9.82. The number of aliphatic hydroxyl groups is 1. The van der Waals surface area contributed by atoms with Crippen molar-refractivity contribution in [1.29, 1.82) is 0 Å². The number of aliphatic imine (C=N–C) groups is 1. The summed E-state index contributed by atoms with van der Waals surface area (Å²) in [4.78, 5) is 7.20. The molecule has 0 saturated carbocycles. The fraction of sp³-hybridized carbons (Fsp3) is 0.348. The van der Waals surface area contributed by atoms with Gasteiger partial charge in [0, 0.05) is 30.0 Å². The van der Waals surface area contributed by atoms with Gasteiger partial charge in [0.2, 0.25) is 0 Å². The van der Waals surface area contributed by atoms with E-state index in [0.29, 0.717) is 17.7 Å². The Hall–Kier alpha value is -2.26. The van der Waals surface area contributed by atoms with Gasteiger partial charge in [0.15, 0.2) is 0 Å². The second-order valence-electron chi connectivity index (χ2n) is 7.08. The molecule has 1 aromatic rings. The third-order valence-corrected chi connectivity index (χ3v) is 5.25. The molecule has 142 valence electrons. The highest BCUT2D eigenvalue weighted by Crippen LogP contribution is 2.34. The zero-order valence-corrected chi connectivity index (χ0v) is 16.7. The number of amidine groups is 1. The summed E-state index contributed by atoms with van der Waals surface area (Å²) in [5, 5.41) is 10.6. The smallest absolute Gasteiger partial charge is 0.111 e. The number of hydrogen-bond acceptors (Lipinski definition) is 2. The third-order valence-electron chi connectivity index (χ3n) is 4.97. The Morgan fingerprint density at radius 1 is 1.41 bits per heavy atom. The Labute approximate surface area is 167 Å². The van der Waals surface area contributed by atoms with Crippen LogP contribution in [0, 0.1) is 12.8 Å². The first-order valence-corrected chi connectivity index (χ1v) is 9.95. The molecule has 1 aliphatic heterocycles. The first-order valence-electron chi connectivity index (χ1n) is 9.57. The normalized spacial score (nSPS) is 24.4. The average Bonchev–Trinajstić information content (AvgIpc) is 2.63. The molecular formula is C23H27ClN2O. The lowest BCUT2D eigenvalue weighted by atomic mass is 9.84. The van der Waals surface area contributed by atoms with E-state index in [1.165, 1.54) is 5.56 Å². The SMILES string of the molecule is CC/C=C(O)\C=C/CN1/C(=N/c2cccc(C)c2)CC1C1C=CC(Cl)=CC1. The Balaban J connectivity index is 1.75. The van der Waals surface area contributed by atoms with E-state index < -0.39 is 0 Å². The molecule has 0 spiro atoms. The van der Waals surface area contributed by atoms with Gasteiger partial charge in [0.05, 0.1) is 5.69 Å². The highest BCUT2D eigenvalue weighted by molar-refractivity contribution is 6.31. The first-order chi connectivity index (χ1) is 13.1. The van der Waals surface area contributed by atoms with Gasteiger partial charge in [-0.15, -0.1) is 0 Å². The summed E-state index contributed by atoms with van der Waals surface area (Å²) in [6, 6.07) is 8.68. The van der Waals surface area contributed by atoms with Crippen LogP contribution in [-0.2, 0) is 0 Å². The number of benzene rings is 1. The number of allylic oxidation sites excluding steroid dienone is 5. The third kappa shape index (κ3) is 5.14. The van der Waals surface area contributed by atoms with E-state index in [-0.39, 0.29) is 0 Å². The molecule has 3 nitrogen and oxygen atoms in total. The molecule has 1 fully saturated rings. The number of rotatable bonds is 6. The number of likely N-dealkylation sites (tertiary alicyclic amines) is 1.